The predicted octanol–water partition coefficient (Wildman–Crippen LogP) is 1.88. The Kier molecular flexibility index (Phi) is 8.34. The molecule has 31 heavy (non-hydrogen) atoms. The number of nitrogens with one attached hydrogen (secondary N) is 2. The first-order valence-corrected chi connectivity index (χ1v) is 11.3. The van der Waals surface area contributed by atoms with E-state index in [9.17, 15) is 23.3 Å². The number of likely N-dealkylation sites (N-methyl/N-ethyl adjacent to an activating group) is 1. The third-order valence-electron chi connectivity index (χ3n) is 4.46. The molecule has 2 N–H and O–H groups in total. The molecule has 2 aromatic rings. The van der Waals surface area contributed by atoms with Crippen LogP contribution in [0.15, 0.2) is 42.5 Å². The van der Waals surface area contributed by atoms with E-state index in [4.69, 9.17) is 4.74 Å². The number of hydrogen-bond acceptors (Lipinski definition) is 7. The molecule has 10 nitrogen and oxygen atoms in total. The highest BCUT2D eigenvalue weighted by molar-refractivity contribution is 7.92. The van der Waals surface area contributed by atoms with Gasteiger partial charge in [-0.3, -0.25) is 19.6 Å². The third-order valence-corrected chi connectivity index (χ3v) is 5.07. The van der Waals surface area contributed by atoms with Gasteiger partial charge in [-0.2, -0.15) is 0 Å². The van der Waals surface area contributed by atoms with Crippen LogP contribution in [0.2, 0.25) is 0 Å². The van der Waals surface area contributed by atoms with Gasteiger partial charge in [0.2, 0.25) is 10.0 Å². The fourth-order valence-corrected chi connectivity index (χ4v) is 3.39. The number of ether oxygens (including phenoxy) is 1. The lowest BCUT2D eigenvalue weighted by Crippen LogP contribution is -2.34. The van der Waals surface area contributed by atoms with Crippen LogP contribution >= 0.6 is 0 Å². The number of nitrogens with zero attached hydrogens (tertiary/aromatic N) is 2. The molecule has 0 saturated heterocycles. The maximum absolute atomic E-state index is 12.4. The quantitative estimate of drug-likeness (QED) is 0.395. The molecular formula is C20H26N4O6S. The molecule has 0 bridgehead atoms. The van der Waals surface area contributed by atoms with Crippen molar-refractivity contribution in [1.29, 1.82) is 0 Å². The lowest BCUT2D eigenvalue weighted by atomic mass is 10.1. The second-order valence-corrected chi connectivity index (χ2v) is 8.77. The molecule has 0 aliphatic carbocycles. The lowest BCUT2D eigenvalue weighted by molar-refractivity contribution is -0.384. The molecule has 11 heteroatoms. The average Bonchev–Trinajstić information content (AvgIpc) is 2.71. The fraction of sp³-hybridized carbons (Fsp3) is 0.350. The summed E-state index contributed by atoms with van der Waals surface area (Å²) in [4.78, 5) is 24.7. The normalized spacial score (nSPS) is 11.2. The van der Waals surface area contributed by atoms with Crippen LogP contribution in [0.5, 0.6) is 5.75 Å². The first-order chi connectivity index (χ1) is 14.6. The standard InChI is InChI=1S/C20H26N4O6S/c1-23(12-10-15-4-6-16(7-5-15)22-31(3,28)29)13-11-21-20(25)18-9-8-17(24(26)27)14-19(18)30-2/h4-9,14,22H,10-13H2,1-3H3,(H,21,25). The number of carbonyl (C=O) groups excluding carboxylic acids is 1. The Labute approximate surface area is 181 Å². The minimum atomic E-state index is -3.29. The van der Waals surface area contributed by atoms with Crippen LogP contribution < -0.4 is 14.8 Å². The van der Waals surface area contributed by atoms with Gasteiger partial charge in [0.25, 0.3) is 11.6 Å². The van der Waals surface area contributed by atoms with E-state index < -0.39 is 14.9 Å². The molecule has 1 amide bonds. The van der Waals surface area contributed by atoms with Crippen LogP contribution in [-0.4, -0.2) is 64.2 Å². The molecule has 2 aromatic carbocycles. The largest absolute Gasteiger partial charge is 0.496 e. The zero-order chi connectivity index (χ0) is 23.0. The molecule has 0 radical (unpaired) electrons. The van der Waals surface area contributed by atoms with Crippen LogP contribution in [-0.2, 0) is 16.4 Å². The number of carbonyl (C=O) groups is 1. The summed E-state index contributed by atoms with van der Waals surface area (Å²) < 4.78 is 30.0. The van der Waals surface area contributed by atoms with Crippen molar-refractivity contribution in [2.75, 3.05) is 44.8 Å². The van der Waals surface area contributed by atoms with Gasteiger partial charge in [-0.15, -0.1) is 0 Å². The molecule has 0 aliphatic rings. The summed E-state index contributed by atoms with van der Waals surface area (Å²) in [6.45, 7) is 1.75. The Morgan fingerprint density at radius 1 is 1.16 bits per heavy atom. The highest BCUT2D eigenvalue weighted by atomic mass is 32.2. The molecule has 0 spiro atoms. The van der Waals surface area contributed by atoms with Crippen molar-refractivity contribution in [3.05, 3.63) is 63.7 Å². The van der Waals surface area contributed by atoms with Crippen molar-refractivity contribution in [3.8, 4) is 5.75 Å². The Hall–Kier alpha value is -3.18. The van der Waals surface area contributed by atoms with Gasteiger partial charge in [0, 0.05) is 31.4 Å². The summed E-state index contributed by atoms with van der Waals surface area (Å²) in [6, 6.07) is 11.0. The van der Waals surface area contributed by atoms with Crippen molar-refractivity contribution in [2.24, 2.45) is 0 Å². The van der Waals surface area contributed by atoms with Gasteiger partial charge in [-0.25, -0.2) is 8.42 Å². The molecule has 0 heterocycles. The zero-order valence-corrected chi connectivity index (χ0v) is 18.4. The van der Waals surface area contributed by atoms with Gasteiger partial charge in [-0.05, 0) is 37.2 Å². The van der Waals surface area contributed by atoms with Gasteiger partial charge >= 0.3 is 0 Å². The summed E-state index contributed by atoms with van der Waals surface area (Å²) in [5.74, 6) is -0.219. The van der Waals surface area contributed by atoms with Crippen LogP contribution in [0.3, 0.4) is 0 Å². The summed E-state index contributed by atoms with van der Waals surface area (Å²) in [5, 5.41) is 13.6. The van der Waals surface area contributed by atoms with E-state index in [1.54, 1.807) is 12.1 Å². The summed E-state index contributed by atoms with van der Waals surface area (Å²) in [6.07, 6.45) is 1.87. The molecule has 0 saturated carbocycles. The molecule has 0 unspecified atom stereocenters. The number of rotatable bonds is 11. The fourth-order valence-electron chi connectivity index (χ4n) is 2.82. The van der Waals surface area contributed by atoms with Crippen LogP contribution in [0.4, 0.5) is 11.4 Å². The molecule has 2 rings (SSSR count). The van der Waals surface area contributed by atoms with Crippen molar-refractivity contribution in [2.45, 2.75) is 6.42 Å². The van der Waals surface area contributed by atoms with Crippen molar-refractivity contribution in [1.82, 2.24) is 10.2 Å². The number of hydrogen-bond donors (Lipinski definition) is 2. The van der Waals surface area contributed by atoms with E-state index >= 15 is 0 Å². The van der Waals surface area contributed by atoms with Gasteiger partial charge in [0.15, 0.2) is 0 Å². The molecule has 0 atom stereocenters. The van der Waals surface area contributed by atoms with E-state index in [-0.39, 0.29) is 22.9 Å². The number of benzene rings is 2. The van der Waals surface area contributed by atoms with Crippen molar-refractivity contribution in [3.63, 3.8) is 0 Å². The SMILES string of the molecule is COc1cc([N+](=O)[O-])ccc1C(=O)NCCN(C)CCc1ccc(NS(C)(=O)=O)cc1. The molecule has 168 valence electrons. The van der Waals surface area contributed by atoms with E-state index in [1.807, 2.05) is 19.2 Å². The topological polar surface area (TPSA) is 131 Å². The average molecular weight is 451 g/mol. The Balaban J connectivity index is 1.79. The second kappa shape index (κ2) is 10.7. The maximum atomic E-state index is 12.4. The predicted molar refractivity (Wildman–Crippen MR) is 118 cm³/mol. The second-order valence-electron chi connectivity index (χ2n) is 7.02. The Morgan fingerprint density at radius 2 is 1.84 bits per heavy atom. The van der Waals surface area contributed by atoms with Crippen LogP contribution in [0.25, 0.3) is 0 Å². The minimum Gasteiger partial charge on any atom is -0.496 e. The third kappa shape index (κ3) is 7.87. The summed E-state index contributed by atoms with van der Waals surface area (Å²) >= 11 is 0. The highest BCUT2D eigenvalue weighted by Gasteiger charge is 2.16. The molecule has 0 aliphatic heterocycles. The smallest absolute Gasteiger partial charge is 0.273 e. The first kappa shape index (κ1) is 24.1. The Bertz CT molecular complexity index is 1020. The minimum absolute atomic E-state index is 0.145. The lowest BCUT2D eigenvalue weighted by Gasteiger charge is -2.17. The maximum Gasteiger partial charge on any atom is 0.273 e. The van der Waals surface area contributed by atoms with Crippen molar-refractivity contribution >= 4 is 27.3 Å². The number of methoxy groups -OCH3 is 1. The zero-order valence-electron chi connectivity index (χ0n) is 17.6. The van der Waals surface area contributed by atoms with Crippen LogP contribution in [0.1, 0.15) is 15.9 Å². The summed E-state index contributed by atoms with van der Waals surface area (Å²) in [7, 11) is -0.0109. The van der Waals surface area contributed by atoms with E-state index in [0.29, 0.717) is 18.8 Å². The number of non-ortho nitro benzene ring substituents is 1. The first-order valence-electron chi connectivity index (χ1n) is 9.45. The Morgan fingerprint density at radius 3 is 2.42 bits per heavy atom. The summed E-state index contributed by atoms with van der Waals surface area (Å²) in [5.41, 5.74) is 1.67. The highest BCUT2D eigenvalue weighted by Crippen LogP contribution is 2.24. The van der Waals surface area contributed by atoms with E-state index in [2.05, 4.69) is 14.9 Å². The van der Waals surface area contributed by atoms with Crippen molar-refractivity contribution < 1.29 is 22.9 Å². The number of anilines is 1. The molecule has 0 aromatic heterocycles. The van der Waals surface area contributed by atoms with Crippen LogP contribution in [0, 0.1) is 10.1 Å². The number of nitro groups is 1. The van der Waals surface area contributed by atoms with Gasteiger partial charge < -0.3 is 15.0 Å². The van der Waals surface area contributed by atoms with Gasteiger partial charge in [-0.1, -0.05) is 12.1 Å². The molecule has 0 fully saturated rings. The van der Waals surface area contributed by atoms with E-state index in [1.165, 1.54) is 25.3 Å². The van der Waals surface area contributed by atoms with E-state index in [0.717, 1.165) is 24.8 Å². The van der Waals surface area contributed by atoms with Gasteiger partial charge in [0.05, 0.1) is 29.9 Å². The number of amides is 1. The van der Waals surface area contributed by atoms with Gasteiger partial charge in [0.1, 0.15) is 5.75 Å². The monoisotopic (exact) mass is 450 g/mol. The molecular weight excluding hydrogens is 424 g/mol. The number of sulfonamides is 1. The number of nitro benzene ring substituents is 1.